The Hall–Kier alpha value is -1.60. The van der Waals surface area contributed by atoms with Gasteiger partial charge in [0.15, 0.2) is 0 Å². The topological polar surface area (TPSA) is 17.1 Å². The summed E-state index contributed by atoms with van der Waals surface area (Å²) < 4.78 is 0. The standard InChI is InChI=1S/C17H17ClO/c1-12-7-13(2)9-14(8-12)10-16(19)11-15-5-3-4-6-17(15)18/h3-9H,10-11H2,1-2H3. The van der Waals surface area contributed by atoms with Gasteiger partial charge in [-0.15, -0.1) is 0 Å². The Morgan fingerprint density at radius 3 is 2.26 bits per heavy atom. The second-order valence-electron chi connectivity index (χ2n) is 4.98. The molecular weight excluding hydrogens is 256 g/mol. The van der Waals surface area contributed by atoms with Crippen molar-refractivity contribution in [1.82, 2.24) is 0 Å². The molecule has 0 fully saturated rings. The van der Waals surface area contributed by atoms with E-state index >= 15 is 0 Å². The molecular formula is C17H17ClO. The molecule has 0 unspecified atom stereocenters. The Morgan fingerprint density at radius 2 is 1.63 bits per heavy atom. The lowest BCUT2D eigenvalue weighted by Gasteiger charge is -2.06. The predicted molar refractivity (Wildman–Crippen MR) is 79.8 cm³/mol. The summed E-state index contributed by atoms with van der Waals surface area (Å²) in [5, 5.41) is 0.663. The molecule has 2 aromatic rings. The molecule has 98 valence electrons. The highest BCUT2D eigenvalue weighted by Crippen LogP contribution is 2.17. The maximum Gasteiger partial charge on any atom is 0.141 e. The first-order valence-electron chi connectivity index (χ1n) is 6.37. The molecule has 0 aliphatic rings. The first-order chi connectivity index (χ1) is 9.04. The van der Waals surface area contributed by atoms with Crippen LogP contribution >= 0.6 is 11.6 Å². The molecule has 0 aliphatic heterocycles. The van der Waals surface area contributed by atoms with Gasteiger partial charge >= 0.3 is 0 Å². The van der Waals surface area contributed by atoms with Crippen molar-refractivity contribution in [2.24, 2.45) is 0 Å². The summed E-state index contributed by atoms with van der Waals surface area (Å²) in [6.45, 7) is 4.10. The summed E-state index contributed by atoms with van der Waals surface area (Å²) in [6.07, 6.45) is 0.862. The van der Waals surface area contributed by atoms with Crippen molar-refractivity contribution >= 4 is 17.4 Å². The van der Waals surface area contributed by atoms with E-state index in [1.807, 2.05) is 24.3 Å². The van der Waals surface area contributed by atoms with Crippen LogP contribution in [0.4, 0.5) is 0 Å². The molecule has 0 spiro atoms. The average Bonchev–Trinajstić information content (AvgIpc) is 2.30. The summed E-state index contributed by atoms with van der Waals surface area (Å²) in [7, 11) is 0. The molecule has 0 atom stereocenters. The number of hydrogen-bond donors (Lipinski definition) is 0. The molecule has 0 aromatic heterocycles. The maximum absolute atomic E-state index is 12.1. The number of halogens is 1. The predicted octanol–water partition coefficient (Wildman–Crippen LogP) is 4.31. The number of Topliss-reactive ketones (excluding diaryl/α,β-unsaturated/α-hetero) is 1. The van der Waals surface area contributed by atoms with E-state index in [4.69, 9.17) is 11.6 Å². The molecule has 0 heterocycles. The van der Waals surface area contributed by atoms with Gasteiger partial charge in [-0.1, -0.05) is 59.1 Å². The van der Waals surface area contributed by atoms with Gasteiger partial charge in [-0.05, 0) is 31.0 Å². The van der Waals surface area contributed by atoms with Gasteiger partial charge in [-0.25, -0.2) is 0 Å². The highest BCUT2D eigenvalue weighted by molar-refractivity contribution is 6.31. The molecule has 0 bridgehead atoms. The van der Waals surface area contributed by atoms with Crippen molar-refractivity contribution in [3.8, 4) is 0 Å². The number of carbonyl (C=O) groups excluding carboxylic acids is 1. The van der Waals surface area contributed by atoms with Crippen LogP contribution in [0.5, 0.6) is 0 Å². The number of aryl methyl sites for hydroxylation is 2. The van der Waals surface area contributed by atoms with Crippen molar-refractivity contribution in [2.75, 3.05) is 0 Å². The fraction of sp³-hybridized carbons (Fsp3) is 0.235. The van der Waals surface area contributed by atoms with Crippen molar-refractivity contribution in [2.45, 2.75) is 26.7 Å². The molecule has 0 saturated heterocycles. The largest absolute Gasteiger partial charge is 0.299 e. The monoisotopic (exact) mass is 272 g/mol. The van der Waals surface area contributed by atoms with Crippen molar-refractivity contribution in [3.05, 3.63) is 69.7 Å². The molecule has 2 heteroatoms. The van der Waals surface area contributed by atoms with E-state index in [1.54, 1.807) is 0 Å². The number of hydrogen-bond acceptors (Lipinski definition) is 1. The van der Waals surface area contributed by atoms with E-state index < -0.39 is 0 Å². The van der Waals surface area contributed by atoms with Crippen LogP contribution in [0.3, 0.4) is 0 Å². The second-order valence-corrected chi connectivity index (χ2v) is 5.39. The molecule has 0 aliphatic carbocycles. The fourth-order valence-corrected chi connectivity index (χ4v) is 2.52. The van der Waals surface area contributed by atoms with Crippen LogP contribution in [0.1, 0.15) is 22.3 Å². The summed E-state index contributed by atoms with van der Waals surface area (Å²) in [5.74, 6) is 0.193. The minimum absolute atomic E-state index is 0.193. The molecule has 2 aromatic carbocycles. The molecule has 0 N–H and O–H groups in total. The van der Waals surface area contributed by atoms with E-state index in [2.05, 4.69) is 32.0 Å². The van der Waals surface area contributed by atoms with Gasteiger partial charge in [0.25, 0.3) is 0 Å². The lowest BCUT2D eigenvalue weighted by molar-refractivity contribution is -0.117. The van der Waals surface area contributed by atoms with E-state index in [9.17, 15) is 4.79 Å². The third kappa shape index (κ3) is 3.93. The first kappa shape index (κ1) is 13.8. The molecule has 1 nitrogen and oxygen atoms in total. The van der Waals surface area contributed by atoms with E-state index in [-0.39, 0.29) is 5.78 Å². The van der Waals surface area contributed by atoms with Crippen molar-refractivity contribution in [3.63, 3.8) is 0 Å². The van der Waals surface area contributed by atoms with Crippen LogP contribution in [0.15, 0.2) is 42.5 Å². The normalized spacial score (nSPS) is 10.5. The average molecular weight is 273 g/mol. The van der Waals surface area contributed by atoms with Gasteiger partial charge in [-0.3, -0.25) is 4.79 Å². The van der Waals surface area contributed by atoms with Crippen LogP contribution in [-0.2, 0) is 17.6 Å². The Bertz CT molecular complexity index is 582. The summed E-state index contributed by atoms with van der Waals surface area (Å²) in [5.41, 5.74) is 4.37. The number of carbonyl (C=O) groups is 1. The Morgan fingerprint density at radius 1 is 1.00 bits per heavy atom. The highest BCUT2D eigenvalue weighted by atomic mass is 35.5. The van der Waals surface area contributed by atoms with Gasteiger partial charge in [-0.2, -0.15) is 0 Å². The first-order valence-corrected chi connectivity index (χ1v) is 6.74. The Labute approximate surface area is 119 Å². The molecule has 19 heavy (non-hydrogen) atoms. The van der Waals surface area contributed by atoms with E-state index in [0.29, 0.717) is 17.9 Å². The Kier molecular flexibility index (Phi) is 4.39. The molecule has 0 amide bonds. The van der Waals surface area contributed by atoms with Crippen molar-refractivity contribution < 1.29 is 4.79 Å². The third-order valence-corrected chi connectivity index (χ3v) is 3.40. The number of benzene rings is 2. The van der Waals surface area contributed by atoms with E-state index in [1.165, 1.54) is 11.1 Å². The molecule has 0 saturated carbocycles. The second kappa shape index (κ2) is 6.03. The summed E-state index contributed by atoms with van der Waals surface area (Å²) >= 11 is 6.07. The van der Waals surface area contributed by atoms with Gasteiger partial charge in [0.2, 0.25) is 0 Å². The third-order valence-electron chi connectivity index (χ3n) is 3.03. The molecule has 2 rings (SSSR count). The zero-order valence-electron chi connectivity index (χ0n) is 11.2. The van der Waals surface area contributed by atoms with Crippen LogP contribution < -0.4 is 0 Å². The van der Waals surface area contributed by atoms with Crippen LogP contribution in [0, 0.1) is 13.8 Å². The quantitative estimate of drug-likeness (QED) is 0.810. The molecule has 0 radical (unpaired) electrons. The van der Waals surface area contributed by atoms with Gasteiger partial charge in [0.05, 0.1) is 0 Å². The smallest absolute Gasteiger partial charge is 0.141 e. The van der Waals surface area contributed by atoms with Gasteiger partial charge in [0, 0.05) is 17.9 Å². The SMILES string of the molecule is Cc1cc(C)cc(CC(=O)Cc2ccccc2Cl)c1. The lowest BCUT2D eigenvalue weighted by atomic mass is 10.00. The van der Waals surface area contributed by atoms with Crippen LogP contribution in [0.2, 0.25) is 5.02 Å². The number of rotatable bonds is 4. The Balaban J connectivity index is 2.07. The van der Waals surface area contributed by atoms with Gasteiger partial charge in [0.1, 0.15) is 5.78 Å². The zero-order chi connectivity index (χ0) is 13.8. The minimum atomic E-state index is 0.193. The van der Waals surface area contributed by atoms with Crippen molar-refractivity contribution in [1.29, 1.82) is 0 Å². The fourth-order valence-electron chi connectivity index (χ4n) is 2.32. The van der Waals surface area contributed by atoms with E-state index in [0.717, 1.165) is 11.1 Å². The highest BCUT2D eigenvalue weighted by Gasteiger charge is 2.08. The number of ketones is 1. The maximum atomic E-state index is 12.1. The zero-order valence-corrected chi connectivity index (χ0v) is 12.0. The van der Waals surface area contributed by atoms with Crippen LogP contribution in [-0.4, -0.2) is 5.78 Å². The minimum Gasteiger partial charge on any atom is -0.299 e. The lowest BCUT2D eigenvalue weighted by Crippen LogP contribution is -2.07. The summed E-state index contributed by atoms with van der Waals surface area (Å²) in [6, 6.07) is 13.8. The summed E-state index contributed by atoms with van der Waals surface area (Å²) in [4.78, 5) is 12.1. The van der Waals surface area contributed by atoms with Gasteiger partial charge < -0.3 is 0 Å². The van der Waals surface area contributed by atoms with Crippen LogP contribution in [0.25, 0.3) is 0 Å².